The van der Waals surface area contributed by atoms with E-state index in [1.165, 1.54) is 26.4 Å². The minimum absolute atomic E-state index is 0.0301. The van der Waals surface area contributed by atoms with E-state index in [1.807, 2.05) is 0 Å². The fourth-order valence-corrected chi connectivity index (χ4v) is 4.26. The van der Waals surface area contributed by atoms with Crippen molar-refractivity contribution in [3.05, 3.63) is 18.2 Å². The first-order valence-electron chi connectivity index (χ1n) is 6.45. The molecule has 1 aromatic rings. The molecule has 1 unspecified atom stereocenters. The van der Waals surface area contributed by atoms with E-state index >= 15 is 0 Å². The molecule has 21 heavy (non-hydrogen) atoms. The number of methoxy groups -OCH3 is 2. The third-order valence-electron chi connectivity index (χ3n) is 3.49. The van der Waals surface area contributed by atoms with Crippen LogP contribution in [0, 0.1) is 0 Å². The Morgan fingerprint density at radius 3 is 2.62 bits per heavy atom. The number of amides is 1. The summed E-state index contributed by atoms with van der Waals surface area (Å²) in [7, 11) is -1.05. The molecule has 1 saturated heterocycles. The Balaban J connectivity index is 2.50. The molecule has 2 N–H and O–H groups in total. The minimum Gasteiger partial charge on any atom is -0.497 e. The fourth-order valence-electron chi connectivity index (χ4n) is 2.42. The first kappa shape index (κ1) is 15.6. The molecular formula is C13H18N2O5S. The number of hydrogen-bond donors (Lipinski definition) is 1. The van der Waals surface area contributed by atoms with E-state index in [0.29, 0.717) is 18.6 Å². The van der Waals surface area contributed by atoms with Gasteiger partial charge in [-0.2, -0.15) is 4.31 Å². The van der Waals surface area contributed by atoms with Crippen molar-refractivity contribution in [2.75, 3.05) is 20.8 Å². The van der Waals surface area contributed by atoms with Crippen LogP contribution < -0.4 is 15.2 Å². The van der Waals surface area contributed by atoms with Gasteiger partial charge < -0.3 is 15.2 Å². The van der Waals surface area contributed by atoms with Gasteiger partial charge in [-0.1, -0.05) is 0 Å². The van der Waals surface area contributed by atoms with Crippen LogP contribution in [-0.4, -0.2) is 45.4 Å². The summed E-state index contributed by atoms with van der Waals surface area (Å²) in [6.07, 6.45) is 1.03. The molecule has 2 rings (SSSR count). The summed E-state index contributed by atoms with van der Waals surface area (Å²) in [4.78, 5) is 11.4. The van der Waals surface area contributed by atoms with Gasteiger partial charge in [-0.05, 0) is 25.0 Å². The minimum atomic E-state index is -3.88. The summed E-state index contributed by atoms with van der Waals surface area (Å²) in [6.45, 7) is 0.260. The first-order valence-corrected chi connectivity index (χ1v) is 7.89. The van der Waals surface area contributed by atoms with E-state index in [-0.39, 0.29) is 17.2 Å². The molecule has 0 aromatic heterocycles. The number of ether oxygens (including phenoxy) is 2. The average molecular weight is 314 g/mol. The molecule has 0 aliphatic carbocycles. The zero-order chi connectivity index (χ0) is 15.6. The van der Waals surface area contributed by atoms with Crippen molar-refractivity contribution in [2.24, 2.45) is 5.73 Å². The van der Waals surface area contributed by atoms with E-state index in [1.54, 1.807) is 6.07 Å². The maximum atomic E-state index is 12.8. The van der Waals surface area contributed by atoms with E-state index < -0.39 is 22.0 Å². The highest BCUT2D eigenvalue weighted by Crippen LogP contribution is 2.33. The van der Waals surface area contributed by atoms with Gasteiger partial charge in [0.05, 0.1) is 14.2 Å². The van der Waals surface area contributed by atoms with E-state index in [0.717, 1.165) is 4.31 Å². The number of sulfonamides is 1. The van der Waals surface area contributed by atoms with E-state index in [4.69, 9.17) is 15.2 Å². The monoisotopic (exact) mass is 314 g/mol. The molecule has 1 atom stereocenters. The van der Waals surface area contributed by atoms with Crippen LogP contribution >= 0.6 is 0 Å². The SMILES string of the molecule is COc1ccc(OC)c(S(=O)(=O)N2CCCC2C(N)=O)c1. The fraction of sp³-hybridized carbons (Fsp3) is 0.462. The predicted octanol–water partition coefficient (Wildman–Crippen LogP) is 0.342. The Bertz CT molecular complexity index is 644. The molecule has 0 spiro atoms. The van der Waals surface area contributed by atoms with E-state index in [2.05, 4.69) is 0 Å². The van der Waals surface area contributed by atoms with Gasteiger partial charge in [-0.15, -0.1) is 0 Å². The Kier molecular flexibility index (Phi) is 4.38. The normalized spacial score (nSPS) is 19.4. The highest BCUT2D eigenvalue weighted by atomic mass is 32.2. The number of rotatable bonds is 5. The van der Waals surface area contributed by atoms with Crippen molar-refractivity contribution in [1.82, 2.24) is 4.31 Å². The molecule has 1 fully saturated rings. The smallest absolute Gasteiger partial charge is 0.247 e. The summed E-state index contributed by atoms with van der Waals surface area (Å²) < 4.78 is 36.9. The van der Waals surface area contributed by atoms with Crippen molar-refractivity contribution in [3.8, 4) is 11.5 Å². The number of carbonyl (C=O) groups excluding carboxylic acids is 1. The highest BCUT2D eigenvalue weighted by molar-refractivity contribution is 7.89. The summed E-state index contributed by atoms with van der Waals surface area (Å²) in [5, 5.41) is 0. The highest BCUT2D eigenvalue weighted by Gasteiger charge is 2.39. The van der Waals surface area contributed by atoms with Crippen molar-refractivity contribution in [1.29, 1.82) is 0 Å². The number of carbonyl (C=O) groups is 1. The lowest BCUT2D eigenvalue weighted by molar-refractivity contribution is -0.121. The van der Waals surface area contributed by atoms with Crippen LogP contribution in [-0.2, 0) is 14.8 Å². The van der Waals surface area contributed by atoms with Crippen LogP contribution in [0.4, 0.5) is 0 Å². The molecule has 1 amide bonds. The molecule has 7 nitrogen and oxygen atoms in total. The molecule has 0 radical (unpaired) electrons. The molecular weight excluding hydrogens is 296 g/mol. The largest absolute Gasteiger partial charge is 0.497 e. The third kappa shape index (κ3) is 2.81. The lowest BCUT2D eigenvalue weighted by Gasteiger charge is -2.23. The number of nitrogens with zero attached hydrogens (tertiary/aromatic N) is 1. The molecule has 1 heterocycles. The topological polar surface area (TPSA) is 98.9 Å². The van der Waals surface area contributed by atoms with Gasteiger partial charge >= 0.3 is 0 Å². The van der Waals surface area contributed by atoms with Crippen LogP contribution in [0.3, 0.4) is 0 Å². The number of benzene rings is 1. The van der Waals surface area contributed by atoms with Crippen molar-refractivity contribution in [3.63, 3.8) is 0 Å². The standard InChI is InChI=1S/C13H18N2O5S/c1-19-9-5-6-11(20-2)12(8-9)21(17,18)15-7-3-4-10(15)13(14)16/h5-6,8,10H,3-4,7H2,1-2H3,(H2,14,16). The Morgan fingerprint density at radius 1 is 1.33 bits per heavy atom. The Labute approximate surface area is 123 Å². The lowest BCUT2D eigenvalue weighted by Crippen LogP contribution is -2.43. The van der Waals surface area contributed by atoms with Crippen LogP contribution in [0.1, 0.15) is 12.8 Å². The Hall–Kier alpha value is -1.80. The van der Waals surface area contributed by atoms with Gasteiger partial charge in [0.15, 0.2) is 0 Å². The predicted molar refractivity (Wildman–Crippen MR) is 75.7 cm³/mol. The number of hydrogen-bond acceptors (Lipinski definition) is 5. The van der Waals surface area contributed by atoms with Crippen molar-refractivity contribution >= 4 is 15.9 Å². The Morgan fingerprint density at radius 2 is 2.05 bits per heavy atom. The second-order valence-corrected chi connectivity index (χ2v) is 6.55. The van der Waals surface area contributed by atoms with Crippen LogP contribution in [0.2, 0.25) is 0 Å². The van der Waals surface area contributed by atoms with Gasteiger partial charge in [0.25, 0.3) is 0 Å². The van der Waals surface area contributed by atoms with Gasteiger partial charge in [-0.25, -0.2) is 8.42 Å². The summed E-state index contributed by atoms with van der Waals surface area (Å²) in [6, 6.07) is 3.69. The molecule has 1 aromatic carbocycles. The molecule has 8 heteroatoms. The second-order valence-electron chi connectivity index (χ2n) is 4.69. The second kappa shape index (κ2) is 5.90. The zero-order valence-electron chi connectivity index (χ0n) is 11.9. The molecule has 0 bridgehead atoms. The molecule has 116 valence electrons. The van der Waals surface area contributed by atoms with Crippen molar-refractivity contribution < 1.29 is 22.7 Å². The van der Waals surface area contributed by atoms with Crippen LogP contribution in [0.5, 0.6) is 11.5 Å². The lowest BCUT2D eigenvalue weighted by atomic mass is 10.2. The first-order chi connectivity index (χ1) is 9.91. The summed E-state index contributed by atoms with van der Waals surface area (Å²) in [5.74, 6) is -0.0481. The van der Waals surface area contributed by atoms with Crippen LogP contribution in [0.15, 0.2) is 23.1 Å². The van der Waals surface area contributed by atoms with Crippen LogP contribution in [0.25, 0.3) is 0 Å². The van der Waals surface area contributed by atoms with Gasteiger partial charge in [0, 0.05) is 12.6 Å². The quantitative estimate of drug-likeness (QED) is 0.845. The summed E-state index contributed by atoms with van der Waals surface area (Å²) >= 11 is 0. The van der Waals surface area contributed by atoms with Gasteiger partial charge in [-0.3, -0.25) is 4.79 Å². The maximum absolute atomic E-state index is 12.8. The van der Waals surface area contributed by atoms with Gasteiger partial charge in [0.2, 0.25) is 15.9 Å². The zero-order valence-corrected chi connectivity index (χ0v) is 12.7. The molecule has 0 saturated carbocycles. The average Bonchev–Trinajstić information content (AvgIpc) is 2.97. The summed E-state index contributed by atoms with van der Waals surface area (Å²) in [5.41, 5.74) is 5.29. The molecule has 1 aliphatic rings. The number of nitrogens with two attached hydrogens (primary N) is 1. The maximum Gasteiger partial charge on any atom is 0.247 e. The van der Waals surface area contributed by atoms with Crippen molar-refractivity contribution in [2.45, 2.75) is 23.8 Å². The molecule has 1 aliphatic heterocycles. The van der Waals surface area contributed by atoms with E-state index in [9.17, 15) is 13.2 Å². The third-order valence-corrected chi connectivity index (χ3v) is 5.42. The van der Waals surface area contributed by atoms with Gasteiger partial charge in [0.1, 0.15) is 22.4 Å². The number of primary amides is 1.